The maximum Gasteiger partial charge on any atom is 0.245 e. The first-order chi connectivity index (χ1) is 11.1. The van der Waals surface area contributed by atoms with E-state index >= 15 is 0 Å². The van der Waals surface area contributed by atoms with Crippen LogP contribution in [-0.2, 0) is 20.0 Å². The van der Waals surface area contributed by atoms with E-state index in [0.29, 0.717) is 5.52 Å². The normalized spacial score (nSPS) is 21.4. The van der Waals surface area contributed by atoms with E-state index in [-0.39, 0.29) is 29.9 Å². The number of nitrogens with one attached hydrogen (secondary N) is 1. The summed E-state index contributed by atoms with van der Waals surface area (Å²) in [4.78, 5) is 2.64. The molecule has 0 aliphatic carbocycles. The van der Waals surface area contributed by atoms with Crippen molar-refractivity contribution in [2.24, 2.45) is 0 Å². The van der Waals surface area contributed by atoms with Crippen LogP contribution in [0.4, 0.5) is 4.39 Å². The second-order valence-corrected chi connectivity index (χ2v) is 9.74. The molecule has 1 saturated heterocycles. The average Bonchev–Trinajstić information content (AvgIpc) is 2.92. The number of aromatic amines is 1. The standard InChI is InChI=1S/C14H18FN3O4S2/c1-10-9-17(6-7-18(10)23(2,19)20)24(21,22)13-8-16-12-5-3-4-11(15)14(12)13/h3-5,8,10,16H,6-7,9H2,1-2H3/t10-/m0/s1. The molecule has 1 aromatic carbocycles. The van der Waals surface area contributed by atoms with Gasteiger partial charge >= 0.3 is 0 Å². The number of nitrogens with zero attached hydrogens (tertiary/aromatic N) is 2. The highest BCUT2D eigenvalue weighted by Gasteiger charge is 2.37. The lowest BCUT2D eigenvalue weighted by molar-refractivity contribution is 0.214. The predicted molar refractivity (Wildman–Crippen MR) is 88.0 cm³/mol. The lowest BCUT2D eigenvalue weighted by Crippen LogP contribution is -2.54. The van der Waals surface area contributed by atoms with Gasteiger partial charge in [0, 0.05) is 37.4 Å². The molecule has 1 N–H and O–H groups in total. The van der Waals surface area contributed by atoms with Crippen molar-refractivity contribution in [3.05, 3.63) is 30.2 Å². The molecule has 3 rings (SSSR count). The van der Waals surface area contributed by atoms with Gasteiger partial charge in [0.1, 0.15) is 10.7 Å². The van der Waals surface area contributed by atoms with Gasteiger partial charge in [0.05, 0.1) is 11.6 Å². The summed E-state index contributed by atoms with van der Waals surface area (Å²) in [7, 11) is -7.32. The summed E-state index contributed by atoms with van der Waals surface area (Å²) in [6.07, 6.45) is 2.37. The number of aromatic nitrogens is 1. The number of piperazine rings is 1. The lowest BCUT2D eigenvalue weighted by Gasteiger charge is -2.37. The van der Waals surface area contributed by atoms with Crippen LogP contribution in [0.3, 0.4) is 0 Å². The lowest BCUT2D eigenvalue weighted by atomic mass is 10.2. The van der Waals surface area contributed by atoms with Gasteiger partial charge in [-0.3, -0.25) is 0 Å². The molecule has 1 aliphatic heterocycles. The zero-order valence-electron chi connectivity index (χ0n) is 13.2. The van der Waals surface area contributed by atoms with Crippen LogP contribution in [0.25, 0.3) is 10.9 Å². The van der Waals surface area contributed by atoms with E-state index in [1.165, 1.54) is 26.9 Å². The molecule has 0 spiro atoms. The summed E-state index contributed by atoms with van der Waals surface area (Å²) < 4.78 is 65.7. The third-order valence-electron chi connectivity index (χ3n) is 4.19. The fourth-order valence-electron chi connectivity index (χ4n) is 3.07. The van der Waals surface area contributed by atoms with Gasteiger partial charge < -0.3 is 4.98 Å². The molecule has 0 unspecified atom stereocenters. The highest BCUT2D eigenvalue weighted by molar-refractivity contribution is 7.89. The number of halogens is 1. The highest BCUT2D eigenvalue weighted by atomic mass is 32.2. The zero-order chi connectivity index (χ0) is 17.7. The van der Waals surface area contributed by atoms with Crippen LogP contribution in [0.2, 0.25) is 0 Å². The van der Waals surface area contributed by atoms with E-state index < -0.39 is 31.9 Å². The number of sulfonamides is 2. The van der Waals surface area contributed by atoms with Gasteiger partial charge in [-0.25, -0.2) is 21.2 Å². The van der Waals surface area contributed by atoms with Gasteiger partial charge in [0.15, 0.2) is 0 Å². The molecule has 1 atom stereocenters. The van der Waals surface area contributed by atoms with Crippen LogP contribution in [0, 0.1) is 5.82 Å². The highest BCUT2D eigenvalue weighted by Crippen LogP contribution is 2.29. The summed E-state index contributed by atoms with van der Waals surface area (Å²) in [5, 5.41) is 0.0238. The zero-order valence-corrected chi connectivity index (χ0v) is 14.9. The Morgan fingerprint density at radius 2 is 1.92 bits per heavy atom. The molecule has 0 saturated carbocycles. The molecule has 2 aromatic rings. The minimum absolute atomic E-state index is 0.0238. The van der Waals surface area contributed by atoms with E-state index in [0.717, 1.165) is 6.26 Å². The maximum absolute atomic E-state index is 14.1. The van der Waals surface area contributed by atoms with Crippen molar-refractivity contribution in [1.29, 1.82) is 0 Å². The first kappa shape index (κ1) is 17.3. The summed E-state index contributed by atoms with van der Waals surface area (Å²) in [5.74, 6) is -0.616. The van der Waals surface area contributed by atoms with Crippen LogP contribution in [0.1, 0.15) is 6.92 Å². The van der Waals surface area contributed by atoms with Crippen molar-refractivity contribution in [2.45, 2.75) is 17.9 Å². The van der Waals surface area contributed by atoms with Crippen LogP contribution in [-0.4, -0.2) is 62.4 Å². The van der Waals surface area contributed by atoms with Gasteiger partial charge in [-0.1, -0.05) is 6.07 Å². The van der Waals surface area contributed by atoms with Crippen molar-refractivity contribution >= 4 is 30.9 Å². The number of benzene rings is 1. The fraction of sp³-hybridized carbons (Fsp3) is 0.429. The summed E-state index contributed by atoms with van der Waals surface area (Å²) >= 11 is 0. The molecule has 0 amide bonds. The van der Waals surface area contributed by atoms with Gasteiger partial charge in [0.2, 0.25) is 20.0 Å². The molecule has 2 heterocycles. The Hall–Kier alpha value is -1.49. The summed E-state index contributed by atoms with van der Waals surface area (Å²) in [6.45, 7) is 1.78. The number of hydrogen-bond donors (Lipinski definition) is 1. The van der Waals surface area contributed by atoms with Crippen molar-refractivity contribution in [2.75, 3.05) is 25.9 Å². The molecule has 1 aliphatic rings. The smallest absolute Gasteiger partial charge is 0.245 e. The number of rotatable bonds is 3. The number of fused-ring (bicyclic) bond motifs is 1. The van der Waals surface area contributed by atoms with E-state index in [9.17, 15) is 21.2 Å². The van der Waals surface area contributed by atoms with Crippen LogP contribution in [0.5, 0.6) is 0 Å². The monoisotopic (exact) mass is 375 g/mol. The third kappa shape index (κ3) is 2.83. The number of hydrogen-bond acceptors (Lipinski definition) is 4. The van der Waals surface area contributed by atoms with E-state index in [4.69, 9.17) is 0 Å². The van der Waals surface area contributed by atoms with Crippen LogP contribution < -0.4 is 0 Å². The Balaban J connectivity index is 1.97. The Labute approximate surface area is 140 Å². The summed E-state index contributed by atoms with van der Waals surface area (Å²) in [6, 6.07) is 3.82. The van der Waals surface area contributed by atoms with E-state index in [2.05, 4.69) is 4.98 Å². The molecule has 24 heavy (non-hydrogen) atoms. The first-order valence-corrected chi connectivity index (χ1v) is 10.6. The van der Waals surface area contributed by atoms with Crippen molar-refractivity contribution < 1.29 is 21.2 Å². The molecule has 1 aromatic heterocycles. The molecule has 132 valence electrons. The van der Waals surface area contributed by atoms with Gasteiger partial charge in [-0.15, -0.1) is 0 Å². The van der Waals surface area contributed by atoms with Crippen LogP contribution in [0.15, 0.2) is 29.3 Å². The van der Waals surface area contributed by atoms with Gasteiger partial charge in [-0.05, 0) is 19.1 Å². The average molecular weight is 375 g/mol. The van der Waals surface area contributed by atoms with Crippen LogP contribution >= 0.6 is 0 Å². The SMILES string of the molecule is C[C@H]1CN(S(=O)(=O)c2c[nH]c3cccc(F)c23)CCN1S(C)(=O)=O. The topological polar surface area (TPSA) is 90.6 Å². The molecule has 10 heteroatoms. The molecular formula is C14H18FN3O4S2. The Morgan fingerprint density at radius 1 is 1.21 bits per heavy atom. The number of H-pyrrole nitrogens is 1. The fourth-order valence-corrected chi connectivity index (χ4v) is 5.89. The van der Waals surface area contributed by atoms with E-state index in [1.54, 1.807) is 13.0 Å². The van der Waals surface area contributed by atoms with Gasteiger partial charge in [-0.2, -0.15) is 8.61 Å². The minimum Gasteiger partial charge on any atom is -0.360 e. The largest absolute Gasteiger partial charge is 0.360 e. The third-order valence-corrected chi connectivity index (χ3v) is 7.48. The second-order valence-electron chi connectivity index (χ2n) is 5.90. The molecule has 7 nitrogen and oxygen atoms in total. The van der Waals surface area contributed by atoms with E-state index in [1.807, 2.05) is 0 Å². The first-order valence-electron chi connectivity index (χ1n) is 7.35. The molecule has 0 radical (unpaired) electrons. The molecule has 1 fully saturated rings. The second kappa shape index (κ2) is 5.80. The quantitative estimate of drug-likeness (QED) is 0.865. The maximum atomic E-state index is 14.1. The van der Waals surface area contributed by atoms with Gasteiger partial charge in [0.25, 0.3) is 0 Å². The summed E-state index contributed by atoms with van der Waals surface area (Å²) in [5.41, 5.74) is 0.399. The molecular weight excluding hydrogens is 357 g/mol. The van der Waals surface area contributed by atoms with Crippen molar-refractivity contribution in [1.82, 2.24) is 13.6 Å². The minimum atomic E-state index is -3.93. The predicted octanol–water partition coefficient (Wildman–Crippen LogP) is 0.961. The van der Waals surface area contributed by atoms with Crippen molar-refractivity contribution in [3.8, 4) is 0 Å². The Bertz CT molecular complexity index is 985. The van der Waals surface area contributed by atoms with Crippen molar-refractivity contribution in [3.63, 3.8) is 0 Å². The Morgan fingerprint density at radius 3 is 2.54 bits per heavy atom. The Kier molecular flexibility index (Phi) is 4.19. The molecule has 0 bridgehead atoms.